The lowest BCUT2D eigenvalue weighted by Crippen LogP contribution is -2.32. The van der Waals surface area contributed by atoms with Crippen LogP contribution in [0.3, 0.4) is 0 Å². The Morgan fingerprint density at radius 2 is 1.09 bits per heavy atom. The van der Waals surface area contributed by atoms with E-state index in [-0.39, 0.29) is 0 Å². The van der Waals surface area contributed by atoms with Crippen molar-refractivity contribution in [2.45, 2.75) is 6.54 Å². The van der Waals surface area contributed by atoms with Crippen LogP contribution < -0.4 is 4.57 Å². The molecular weight excluding hydrogens is 278 g/mol. The molecule has 0 spiro atoms. The Bertz CT molecular complexity index is 848. The van der Waals surface area contributed by atoms with E-state index < -0.39 is 0 Å². The topological polar surface area (TPSA) is 3.88 Å². The Hall–Kier alpha value is -2.93. The fraction of sp³-hybridized carbons (Fsp3) is 0.0455. The van der Waals surface area contributed by atoms with E-state index in [2.05, 4.69) is 102 Å². The standard InChI is InChI=1S/C22H18N/c1-3-7-18(8-4-1)17-23-13-11-19(12-14-23)22-15-20-9-5-2-6-10-21(20)16-22/h1-16H,17H2/q+1. The van der Waals surface area contributed by atoms with E-state index in [1.54, 1.807) is 0 Å². The molecule has 1 nitrogen and oxygen atoms in total. The Kier molecular flexibility index (Phi) is 3.61. The van der Waals surface area contributed by atoms with Crippen molar-refractivity contribution in [3.05, 3.63) is 103 Å². The SMILES string of the molecule is c1ccc(C[n+]2ccc(-c3cc4cccccc-4c3)cc2)cc1. The fourth-order valence-corrected chi connectivity index (χ4v) is 2.93. The Balaban J connectivity index is 1.61. The number of aromatic nitrogens is 1. The molecule has 23 heavy (non-hydrogen) atoms. The molecule has 0 aliphatic heterocycles. The summed E-state index contributed by atoms with van der Waals surface area (Å²) in [5.74, 6) is 0. The van der Waals surface area contributed by atoms with Gasteiger partial charge in [-0.05, 0) is 34.4 Å². The Morgan fingerprint density at radius 1 is 0.522 bits per heavy atom. The van der Waals surface area contributed by atoms with Crippen molar-refractivity contribution in [2.24, 2.45) is 0 Å². The molecule has 2 aliphatic carbocycles. The summed E-state index contributed by atoms with van der Waals surface area (Å²) in [6, 6.07) is 30.0. The largest absolute Gasteiger partial charge is 0.201 e. The van der Waals surface area contributed by atoms with Crippen molar-refractivity contribution in [3.8, 4) is 22.3 Å². The molecule has 1 aromatic carbocycles. The van der Waals surface area contributed by atoms with Crippen molar-refractivity contribution in [1.29, 1.82) is 0 Å². The molecule has 0 unspecified atom stereocenters. The van der Waals surface area contributed by atoms with E-state index in [0.717, 1.165) is 6.54 Å². The summed E-state index contributed by atoms with van der Waals surface area (Å²) in [7, 11) is 0. The van der Waals surface area contributed by atoms with Crippen molar-refractivity contribution in [1.82, 2.24) is 0 Å². The first-order valence-electron chi connectivity index (χ1n) is 7.91. The van der Waals surface area contributed by atoms with Gasteiger partial charge < -0.3 is 0 Å². The molecule has 110 valence electrons. The van der Waals surface area contributed by atoms with E-state index in [1.807, 2.05) is 0 Å². The first kappa shape index (κ1) is 13.7. The van der Waals surface area contributed by atoms with Crippen LogP contribution in [0, 0.1) is 0 Å². The number of pyridine rings is 1. The first-order chi connectivity index (χ1) is 11.4. The van der Waals surface area contributed by atoms with Crippen molar-refractivity contribution < 1.29 is 4.57 Å². The van der Waals surface area contributed by atoms with Crippen LogP contribution in [0.1, 0.15) is 5.56 Å². The summed E-state index contributed by atoms with van der Waals surface area (Å²) in [6.45, 7) is 0.903. The maximum absolute atomic E-state index is 2.26. The third-order valence-electron chi connectivity index (χ3n) is 4.16. The number of rotatable bonds is 3. The number of hydrogen-bond donors (Lipinski definition) is 0. The second-order valence-corrected chi connectivity index (χ2v) is 5.81. The second-order valence-electron chi connectivity index (χ2n) is 5.81. The molecule has 0 N–H and O–H groups in total. The van der Waals surface area contributed by atoms with Gasteiger partial charge in [0.15, 0.2) is 18.9 Å². The Labute approximate surface area is 136 Å². The van der Waals surface area contributed by atoms with Gasteiger partial charge in [-0.25, -0.2) is 4.57 Å². The zero-order chi connectivity index (χ0) is 15.5. The highest BCUT2D eigenvalue weighted by atomic mass is 14.9. The minimum Gasteiger partial charge on any atom is -0.201 e. The molecule has 0 bridgehead atoms. The van der Waals surface area contributed by atoms with Crippen LogP contribution in [0.2, 0.25) is 0 Å². The molecule has 2 aliphatic rings. The molecule has 2 aromatic rings. The van der Waals surface area contributed by atoms with Crippen LogP contribution in [-0.4, -0.2) is 0 Å². The molecular formula is C22H18N+. The smallest absolute Gasteiger partial charge is 0.173 e. The van der Waals surface area contributed by atoms with Gasteiger partial charge in [0.2, 0.25) is 0 Å². The van der Waals surface area contributed by atoms with Crippen molar-refractivity contribution >= 4 is 0 Å². The fourth-order valence-electron chi connectivity index (χ4n) is 2.93. The highest BCUT2D eigenvalue weighted by molar-refractivity contribution is 5.79. The van der Waals surface area contributed by atoms with Gasteiger partial charge in [-0.2, -0.15) is 0 Å². The number of hydrogen-bond acceptors (Lipinski definition) is 0. The monoisotopic (exact) mass is 296 g/mol. The molecule has 1 aromatic heterocycles. The van der Waals surface area contributed by atoms with Crippen LogP contribution in [0.5, 0.6) is 0 Å². The molecule has 0 radical (unpaired) electrons. The third kappa shape index (κ3) is 3.00. The lowest BCUT2D eigenvalue weighted by atomic mass is 10.1. The van der Waals surface area contributed by atoms with Gasteiger partial charge in [-0.15, -0.1) is 0 Å². The number of fused-ring (bicyclic) bond motifs is 1. The summed E-state index contributed by atoms with van der Waals surface area (Å²) in [4.78, 5) is 0. The second kappa shape index (κ2) is 6.05. The average molecular weight is 296 g/mol. The van der Waals surface area contributed by atoms with E-state index in [4.69, 9.17) is 0 Å². The maximum atomic E-state index is 2.26. The lowest BCUT2D eigenvalue weighted by Gasteiger charge is -1.99. The van der Waals surface area contributed by atoms with Crippen LogP contribution >= 0.6 is 0 Å². The van der Waals surface area contributed by atoms with Crippen LogP contribution in [0.15, 0.2) is 97.3 Å². The highest BCUT2D eigenvalue weighted by Gasteiger charge is 2.08. The van der Waals surface area contributed by atoms with E-state index in [1.165, 1.54) is 27.8 Å². The van der Waals surface area contributed by atoms with Gasteiger partial charge in [0.05, 0.1) is 0 Å². The molecule has 0 amide bonds. The lowest BCUT2D eigenvalue weighted by molar-refractivity contribution is -0.688. The molecule has 4 rings (SSSR count). The summed E-state index contributed by atoms with van der Waals surface area (Å²) >= 11 is 0. The summed E-state index contributed by atoms with van der Waals surface area (Å²) in [6.07, 6.45) is 4.31. The minimum absolute atomic E-state index is 0.903. The van der Waals surface area contributed by atoms with E-state index in [0.29, 0.717) is 0 Å². The van der Waals surface area contributed by atoms with E-state index in [9.17, 15) is 0 Å². The van der Waals surface area contributed by atoms with E-state index >= 15 is 0 Å². The zero-order valence-corrected chi connectivity index (χ0v) is 12.9. The molecule has 0 fully saturated rings. The van der Waals surface area contributed by atoms with Gasteiger partial charge in [0.25, 0.3) is 0 Å². The summed E-state index contributed by atoms with van der Waals surface area (Å²) in [5.41, 5.74) is 6.42. The molecule has 0 saturated heterocycles. The minimum atomic E-state index is 0.903. The third-order valence-corrected chi connectivity index (χ3v) is 4.16. The summed E-state index contributed by atoms with van der Waals surface area (Å²) < 4.78 is 2.21. The Morgan fingerprint density at radius 3 is 1.70 bits per heavy atom. The van der Waals surface area contributed by atoms with Crippen molar-refractivity contribution in [2.75, 3.05) is 0 Å². The number of nitrogens with zero attached hydrogens (tertiary/aromatic N) is 1. The van der Waals surface area contributed by atoms with Gasteiger partial charge in [0.1, 0.15) is 0 Å². The van der Waals surface area contributed by atoms with Crippen LogP contribution in [-0.2, 0) is 6.54 Å². The highest BCUT2D eigenvalue weighted by Crippen LogP contribution is 2.31. The predicted molar refractivity (Wildman–Crippen MR) is 94.2 cm³/mol. The molecule has 1 heteroatoms. The summed E-state index contributed by atoms with van der Waals surface area (Å²) in [5, 5.41) is 0. The first-order valence-corrected chi connectivity index (χ1v) is 7.91. The normalized spacial score (nSPS) is 10.8. The van der Waals surface area contributed by atoms with Gasteiger partial charge in [0, 0.05) is 17.7 Å². The zero-order valence-electron chi connectivity index (χ0n) is 12.9. The van der Waals surface area contributed by atoms with Crippen LogP contribution in [0.25, 0.3) is 22.3 Å². The molecule has 0 atom stereocenters. The molecule has 0 saturated carbocycles. The average Bonchev–Trinajstić information content (AvgIpc) is 2.87. The van der Waals surface area contributed by atoms with Gasteiger partial charge >= 0.3 is 0 Å². The van der Waals surface area contributed by atoms with Crippen molar-refractivity contribution in [3.63, 3.8) is 0 Å². The quantitative estimate of drug-likeness (QED) is 0.478. The van der Waals surface area contributed by atoms with Crippen LogP contribution in [0.4, 0.5) is 0 Å². The maximum Gasteiger partial charge on any atom is 0.173 e. The van der Waals surface area contributed by atoms with Gasteiger partial charge in [-0.1, -0.05) is 60.7 Å². The number of benzene rings is 1. The predicted octanol–water partition coefficient (Wildman–Crippen LogP) is 4.79. The molecule has 1 heterocycles. The van der Waals surface area contributed by atoms with Gasteiger partial charge in [-0.3, -0.25) is 0 Å².